The van der Waals surface area contributed by atoms with Crippen molar-refractivity contribution in [2.75, 3.05) is 7.05 Å². The van der Waals surface area contributed by atoms with Crippen LogP contribution in [0.25, 0.3) is 0 Å². The van der Waals surface area contributed by atoms with Gasteiger partial charge in [0.2, 0.25) is 5.91 Å². The van der Waals surface area contributed by atoms with Crippen LogP contribution in [0.4, 0.5) is 0 Å². The van der Waals surface area contributed by atoms with Gasteiger partial charge in [0.25, 0.3) is 0 Å². The lowest BCUT2D eigenvalue weighted by molar-refractivity contribution is -0.134. The van der Waals surface area contributed by atoms with Crippen molar-refractivity contribution in [3.63, 3.8) is 0 Å². The number of nitrogens with zero attached hydrogens (tertiary/aromatic N) is 2. The second-order valence-electron chi connectivity index (χ2n) is 4.64. The molecular formula is C14H18N2O. The van der Waals surface area contributed by atoms with E-state index in [-0.39, 0.29) is 11.8 Å². The van der Waals surface area contributed by atoms with Gasteiger partial charge in [-0.3, -0.25) is 9.78 Å². The Kier molecular flexibility index (Phi) is 3.57. The highest BCUT2D eigenvalue weighted by molar-refractivity contribution is 5.79. The summed E-state index contributed by atoms with van der Waals surface area (Å²) in [4.78, 5) is 18.0. The normalized spacial score (nSPS) is 15.2. The number of rotatable bonds is 3. The zero-order valence-electron chi connectivity index (χ0n) is 10.4. The molecule has 0 radical (unpaired) electrons. The number of pyridine rings is 1. The van der Waals surface area contributed by atoms with Gasteiger partial charge in [0.15, 0.2) is 0 Å². The van der Waals surface area contributed by atoms with Crippen molar-refractivity contribution in [2.45, 2.75) is 26.3 Å². The number of aryl methyl sites for hydroxylation is 1. The topological polar surface area (TPSA) is 33.2 Å². The molecule has 0 bridgehead atoms. The summed E-state index contributed by atoms with van der Waals surface area (Å²) in [6.45, 7) is 2.70. The quantitative estimate of drug-likeness (QED) is 0.747. The van der Waals surface area contributed by atoms with Gasteiger partial charge >= 0.3 is 0 Å². The Balaban J connectivity index is 1.99. The predicted molar refractivity (Wildman–Crippen MR) is 67.3 cm³/mol. The Hall–Kier alpha value is -1.64. The molecule has 1 aromatic heterocycles. The molecule has 0 saturated heterocycles. The van der Waals surface area contributed by atoms with Crippen LogP contribution >= 0.6 is 0 Å². The maximum atomic E-state index is 12.1. The summed E-state index contributed by atoms with van der Waals surface area (Å²) in [6.07, 6.45) is 9.57. The van der Waals surface area contributed by atoms with Crippen LogP contribution in [0.2, 0.25) is 0 Å². The number of allylic oxidation sites excluding steroid dienone is 2. The Labute approximate surface area is 102 Å². The second-order valence-corrected chi connectivity index (χ2v) is 4.64. The summed E-state index contributed by atoms with van der Waals surface area (Å²) in [5.74, 6) is 0.397. The first-order chi connectivity index (χ1) is 8.18. The fourth-order valence-corrected chi connectivity index (χ4v) is 2.14. The van der Waals surface area contributed by atoms with Crippen molar-refractivity contribution in [2.24, 2.45) is 5.92 Å². The molecule has 0 aliphatic heterocycles. The average Bonchev–Trinajstić information content (AvgIpc) is 2.84. The second kappa shape index (κ2) is 5.13. The first-order valence-electron chi connectivity index (χ1n) is 5.98. The van der Waals surface area contributed by atoms with Gasteiger partial charge in [-0.2, -0.15) is 0 Å². The Morgan fingerprint density at radius 1 is 1.47 bits per heavy atom. The molecule has 0 unspecified atom stereocenters. The summed E-state index contributed by atoms with van der Waals surface area (Å²) in [5, 5.41) is 0. The molecule has 1 amide bonds. The van der Waals surface area contributed by atoms with Crippen LogP contribution in [0, 0.1) is 12.8 Å². The fourth-order valence-electron chi connectivity index (χ4n) is 2.14. The molecular weight excluding hydrogens is 212 g/mol. The van der Waals surface area contributed by atoms with Crippen molar-refractivity contribution in [1.82, 2.24) is 9.88 Å². The molecule has 1 aromatic rings. The highest BCUT2D eigenvalue weighted by Crippen LogP contribution is 2.21. The van der Waals surface area contributed by atoms with Crippen LogP contribution in [0.5, 0.6) is 0 Å². The van der Waals surface area contributed by atoms with E-state index in [9.17, 15) is 4.79 Å². The van der Waals surface area contributed by atoms with Gasteiger partial charge in [0.1, 0.15) is 0 Å². The van der Waals surface area contributed by atoms with Crippen LogP contribution in [-0.4, -0.2) is 22.8 Å². The van der Waals surface area contributed by atoms with E-state index in [0.29, 0.717) is 6.54 Å². The average molecular weight is 230 g/mol. The smallest absolute Gasteiger partial charge is 0.226 e. The van der Waals surface area contributed by atoms with E-state index in [1.54, 1.807) is 6.20 Å². The van der Waals surface area contributed by atoms with E-state index in [2.05, 4.69) is 17.1 Å². The SMILES string of the molecule is Cc1cnccc1CN(C)C(=O)C1CC=CC1. The van der Waals surface area contributed by atoms with E-state index in [1.165, 1.54) is 5.56 Å². The molecule has 3 nitrogen and oxygen atoms in total. The molecule has 1 aliphatic carbocycles. The van der Waals surface area contributed by atoms with Crippen molar-refractivity contribution in [3.05, 3.63) is 41.7 Å². The molecule has 1 aliphatic rings. The van der Waals surface area contributed by atoms with Crippen molar-refractivity contribution in [1.29, 1.82) is 0 Å². The lowest BCUT2D eigenvalue weighted by Crippen LogP contribution is -2.31. The van der Waals surface area contributed by atoms with Crippen LogP contribution in [0.3, 0.4) is 0 Å². The number of hydrogen-bond donors (Lipinski definition) is 0. The zero-order chi connectivity index (χ0) is 12.3. The highest BCUT2D eigenvalue weighted by Gasteiger charge is 2.22. The molecule has 0 aromatic carbocycles. The first-order valence-corrected chi connectivity index (χ1v) is 5.98. The molecule has 0 atom stereocenters. The molecule has 2 rings (SSSR count). The van der Waals surface area contributed by atoms with Gasteiger partial charge in [-0.05, 0) is 37.0 Å². The number of carbonyl (C=O) groups is 1. The lowest BCUT2D eigenvalue weighted by Gasteiger charge is -2.21. The van der Waals surface area contributed by atoms with E-state index < -0.39 is 0 Å². The summed E-state index contributed by atoms with van der Waals surface area (Å²) >= 11 is 0. The Morgan fingerprint density at radius 3 is 2.82 bits per heavy atom. The molecule has 3 heteroatoms. The third kappa shape index (κ3) is 2.73. The van der Waals surface area contributed by atoms with E-state index in [4.69, 9.17) is 0 Å². The first kappa shape index (κ1) is 11.8. The van der Waals surface area contributed by atoms with Crippen LogP contribution in [0.15, 0.2) is 30.6 Å². The zero-order valence-corrected chi connectivity index (χ0v) is 10.4. The Bertz CT molecular complexity index is 432. The number of carbonyl (C=O) groups excluding carboxylic acids is 1. The summed E-state index contributed by atoms with van der Waals surface area (Å²) in [5.41, 5.74) is 2.30. The molecule has 0 N–H and O–H groups in total. The molecule has 0 fully saturated rings. The lowest BCUT2D eigenvalue weighted by atomic mass is 10.1. The highest BCUT2D eigenvalue weighted by atomic mass is 16.2. The molecule has 17 heavy (non-hydrogen) atoms. The summed E-state index contributed by atoms with van der Waals surface area (Å²) in [6, 6.07) is 1.98. The van der Waals surface area contributed by atoms with E-state index in [1.807, 2.05) is 31.1 Å². The van der Waals surface area contributed by atoms with Crippen molar-refractivity contribution < 1.29 is 4.79 Å². The Morgan fingerprint density at radius 2 is 2.18 bits per heavy atom. The van der Waals surface area contributed by atoms with E-state index >= 15 is 0 Å². The van der Waals surface area contributed by atoms with Crippen molar-refractivity contribution in [3.8, 4) is 0 Å². The van der Waals surface area contributed by atoms with Crippen LogP contribution in [0.1, 0.15) is 24.0 Å². The van der Waals surface area contributed by atoms with Gasteiger partial charge in [0.05, 0.1) is 0 Å². The molecule has 90 valence electrons. The molecule has 0 saturated carbocycles. The monoisotopic (exact) mass is 230 g/mol. The standard InChI is InChI=1S/C14H18N2O/c1-11-9-15-8-7-13(11)10-16(2)14(17)12-5-3-4-6-12/h3-4,7-9,12H,5-6,10H2,1-2H3. The molecule has 0 spiro atoms. The third-order valence-corrected chi connectivity index (χ3v) is 3.28. The van der Waals surface area contributed by atoms with Crippen LogP contribution < -0.4 is 0 Å². The van der Waals surface area contributed by atoms with Gasteiger partial charge in [-0.25, -0.2) is 0 Å². The summed E-state index contributed by atoms with van der Waals surface area (Å²) < 4.78 is 0. The van der Waals surface area contributed by atoms with Gasteiger partial charge in [-0.15, -0.1) is 0 Å². The maximum absolute atomic E-state index is 12.1. The van der Waals surface area contributed by atoms with Crippen molar-refractivity contribution >= 4 is 5.91 Å². The van der Waals surface area contributed by atoms with Crippen LogP contribution in [-0.2, 0) is 11.3 Å². The van der Waals surface area contributed by atoms with Gasteiger partial charge in [-0.1, -0.05) is 12.2 Å². The van der Waals surface area contributed by atoms with Gasteiger partial charge < -0.3 is 4.90 Å². The minimum atomic E-state index is 0.155. The minimum Gasteiger partial charge on any atom is -0.341 e. The number of amides is 1. The van der Waals surface area contributed by atoms with Gasteiger partial charge in [0, 0.05) is 31.9 Å². The maximum Gasteiger partial charge on any atom is 0.226 e. The van der Waals surface area contributed by atoms with E-state index in [0.717, 1.165) is 18.4 Å². The molecule has 1 heterocycles. The fraction of sp³-hybridized carbons (Fsp3) is 0.429. The minimum absolute atomic E-state index is 0.155. The third-order valence-electron chi connectivity index (χ3n) is 3.28. The summed E-state index contributed by atoms with van der Waals surface area (Å²) in [7, 11) is 1.88. The number of aromatic nitrogens is 1. The predicted octanol–water partition coefficient (Wildman–Crippen LogP) is 2.31. The largest absolute Gasteiger partial charge is 0.341 e. The number of hydrogen-bond acceptors (Lipinski definition) is 2.